The van der Waals surface area contributed by atoms with Crippen molar-refractivity contribution in [1.29, 1.82) is 0 Å². The Morgan fingerprint density at radius 3 is 2.41 bits per heavy atom. The van der Waals surface area contributed by atoms with Gasteiger partial charge in [0, 0.05) is 5.56 Å². The van der Waals surface area contributed by atoms with Crippen LogP contribution in [0, 0.1) is 0 Å². The van der Waals surface area contributed by atoms with Crippen molar-refractivity contribution in [1.82, 2.24) is 15.2 Å². The number of nitrogens with one attached hydrogen (secondary N) is 1. The van der Waals surface area contributed by atoms with Crippen LogP contribution in [-0.4, -0.2) is 27.4 Å². The molecule has 0 radical (unpaired) electrons. The van der Waals surface area contributed by atoms with Crippen LogP contribution in [0.1, 0.15) is 17.4 Å². The molecule has 1 heterocycles. The molecule has 0 fully saturated rings. The zero-order chi connectivity index (χ0) is 15.5. The minimum atomic E-state index is -0.399. The maximum atomic E-state index is 9.31. The highest BCUT2D eigenvalue weighted by atomic mass is 16.5. The van der Waals surface area contributed by atoms with Crippen LogP contribution in [0.15, 0.2) is 48.5 Å². The zero-order valence-electron chi connectivity index (χ0n) is 12.0. The maximum absolute atomic E-state index is 9.31. The van der Waals surface area contributed by atoms with E-state index in [-0.39, 0.29) is 5.75 Å². The molecule has 112 valence electrons. The van der Waals surface area contributed by atoms with E-state index < -0.39 is 6.04 Å². The van der Waals surface area contributed by atoms with Crippen LogP contribution in [0.2, 0.25) is 0 Å². The van der Waals surface area contributed by atoms with Crippen LogP contribution in [0.4, 0.5) is 0 Å². The Balaban J connectivity index is 1.84. The Kier molecular flexibility index (Phi) is 3.76. The first-order chi connectivity index (χ1) is 10.7. The number of ether oxygens (including phenoxy) is 1. The lowest BCUT2D eigenvalue weighted by atomic mass is 10.1. The van der Waals surface area contributed by atoms with Crippen molar-refractivity contribution in [2.45, 2.75) is 6.04 Å². The van der Waals surface area contributed by atoms with E-state index in [4.69, 9.17) is 10.5 Å². The summed E-state index contributed by atoms with van der Waals surface area (Å²) in [7, 11) is 1.62. The second kappa shape index (κ2) is 5.87. The summed E-state index contributed by atoms with van der Waals surface area (Å²) in [5.74, 6) is 2.10. The van der Waals surface area contributed by atoms with Crippen molar-refractivity contribution in [2.24, 2.45) is 5.73 Å². The summed E-state index contributed by atoms with van der Waals surface area (Å²) in [6.07, 6.45) is 0. The number of aromatic hydroxyl groups is 1. The molecule has 1 aromatic heterocycles. The fraction of sp³-hybridized carbons (Fsp3) is 0.125. The number of benzene rings is 2. The van der Waals surface area contributed by atoms with Gasteiger partial charge >= 0.3 is 0 Å². The number of phenols is 1. The Bertz CT molecular complexity index is 751. The van der Waals surface area contributed by atoms with E-state index in [9.17, 15) is 5.11 Å². The normalized spacial score (nSPS) is 12.1. The molecule has 0 aliphatic rings. The van der Waals surface area contributed by atoms with Gasteiger partial charge in [-0.3, -0.25) is 5.10 Å². The third kappa shape index (κ3) is 2.77. The fourth-order valence-corrected chi connectivity index (χ4v) is 2.12. The van der Waals surface area contributed by atoms with Crippen LogP contribution in [-0.2, 0) is 0 Å². The van der Waals surface area contributed by atoms with Crippen LogP contribution < -0.4 is 10.5 Å². The van der Waals surface area contributed by atoms with Gasteiger partial charge in [-0.05, 0) is 42.0 Å². The Labute approximate surface area is 127 Å². The quantitative estimate of drug-likeness (QED) is 0.686. The highest BCUT2D eigenvalue weighted by Gasteiger charge is 2.14. The first-order valence-corrected chi connectivity index (χ1v) is 6.78. The third-order valence-electron chi connectivity index (χ3n) is 3.40. The largest absolute Gasteiger partial charge is 0.508 e. The number of nitrogens with two attached hydrogens (primary N) is 1. The summed E-state index contributed by atoms with van der Waals surface area (Å²) in [6, 6.07) is 13.8. The van der Waals surface area contributed by atoms with Gasteiger partial charge in [0.05, 0.1) is 13.2 Å². The number of aromatic nitrogens is 3. The van der Waals surface area contributed by atoms with Gasteiger partial charge in [-0.15, -0.1) is 0 Å². The van der Waals surface area contributed by atoms with Gasteiger partial charge in [-0.25, -0.2) is 4.98 Å². The average Bonchev–Trinajstić information content (AvgIpc) is 3.05. The Morgan fingerprint density at radius 2 is 1.77 bits per heavy atom. The molecule has 0 bridgehead atoms. The van der Waals surface area contributed by atoms with Gasteiger partial charge in [0.1, 0.15) is 17.3 Å². The lowest BCUT2D eigenvalue weighted by Crippen LogP contribution is -2.13. The number of H-pyrrole nitrogens is 1. The second-order valence-electron chi connectivity index (χ2n) is 4.84. The lowest BCUT2D eigenvalue weighted by molar-refractivity contribution is 0.414. The van der Waals surface area contributed by atoms with E-state index in [0.29, 0.717) is 11.6 Å². The molecule has 0 amide bonds. The van der Waals surface area contributed by atoms with Gasteiger partial charge in [0.15, 0.2) is 5.82 Å². The van der Waals surface area contributed by atoms with Crippen molar-refractivity contribution in [2.75, 3.05) is 7.11 Å². The predicted octanol–water partition coefficient (Wildman–Crippen LogP) is 2.23. The molecule has 6 nitrogen and oxygen atoms in total. The summed E-state index contributed by atoms with van der Waals surface area (Å²) in [4.78, 5) is 4.42. The van der Waals surface area contributed by atoms with Gasteiger partial charge < -0.3 is 15.6 Å². The first kappa shape index (κ1) is 14.1. The Morgan fingerprint density at radius 1 is 1.09 bits per heavy atom. The Hall–Kier alpha value is -2.86. The SMILES string of the molecule is COc1ccc([C@@H](N)c2nc(-c3ccc(O)cc3)n[nH]2)cc1. The highest BCUT2D eigenvalue weighted by molar-refractivity contribution is 5.55. The molecular formula is C16H16N4O2. The fourth-order valence-electron chi connectivity index (χ4n) is 2.12. The molecule has 0 spiro atoms. The monoisotopic (exact) mass is 296 g/mol. The van der Waals surface area contributed by atoms with Crippen molar-refractivity contribution >= 4 is 0 Å². The molecule has 3 aromatic rings. The average molecular weight is 296 g/mol. The number of phenolic OH excluding ortho intramolecular Hbond substituents is 1. The number of methoxy groups -OCH3 is 1. The maximum Gasteiger partial charge on any atom is 0.181 e. The number of rotatable bonds is 4. The summed E-state index contributed by atoms with van der Waals surface area (Å²) >= 11 is 0. The van der Waals surface area contributed by atoms with Crippen LogP contribution in [0.5, 0.6) is 11.5 Å². The van der Waals surface area contributed by atoms with Gasteiger partial charge in [0.25, 0.3) is 0 Å². The van der Waals surface area contributed by atoms with E-state index in [0.717, 1.165) is 16.9 Å². The van der Waals surface area contributed by atoms with Crippen molar-refractivity contribution in [3.05, 3.63) is 59.9 Å². The van der Waals surface area contributed by atoms with Gasteiger partial charge in [0.2, 0.25) is 0 Å². The lowest BCUT2D eigenvalue weighted by Gasteiger charge is -2.09. The molecule has 22 heavy (non-hydrogen) atoms. The van der Waals surface area contributed by atoms with Crippen LogP contribution in [0.3, 0.4) is 0 Å². The topological polar surface area (TPSA) is 97.1 Å². The minimum Gasteiger partial charge on any atom is -0.508 e. The zero-order valence-corrected chi connectivity index (χ0v) is 12.0. The standard InChI is InChI=1S/C16H16N4O2/c1-22-13-8-4-10(5-9-13)14(17)16-18-15(19-20-16)11-2-6-12(21)7-3-11/h2-9,14,21H,17H2,1H3,(H,18,19,20)/t14-/m1/s1. The summed E-state index contributed by atoms with van der Waals surface area (Å²) < 4.78 is 5.13. The summed E-state index contributed by atoms with van der Waals surface area (Å²) in [5, 5.41) is 16.3. The van der Waals surface area contributed by atoms with Gasteiger partial charge in [-0.1, -0.05) is 12.1 Å². The van der Waals surface area contributed by atoms with Gasteiger partial charge in [-0.2, -0.15) is 5.10 Å². The van der Waals surface area contributed by atoms with Crippen molar-refractivity contribution < 1.29 is 9.84 Å². The molecular weight excluding hydrogens is 280 g/mol. The summed E-state index contributed by atoms with van der Waals surface area (Å²) in [5.41, 5.74) is 7.93. The summed E-state index contributed by atoms with van der Waals surface area (Å²) in [6.45, 7) is 0. The molecule has 1 atom stereocenters. The molecule has 4 N–H and O–H groups in total. The van der Waals surface area contributed by atoms with E-state index in [1.54, 1.807) is 31.4 Å². The van der Waals surface area contributed by atoms with E-state index >= 15 is 0 Å². The second-order valence-corrected chi connectivity index (χ2v) is 4.84. The highest BCUT2D eigenvalue weighted by Crippen LogP contribution is 2.23. The molecule has 6 heteroatoms. The van der Waals surface area contributed by atoms with Crippen LogP contribution >= 0.6 is 0 Å². The molecule has 2 aromatic carbocycles. The minimum absolute atomic E-state index is 0.203. The van der Waals surface area contributed by atoms with Crippen molar-refractivity contribution in [3.8, 4) is 22.9 Å². The predicted molar refractivity (Wildman–Crippen MR) is 82.5 cm³/mol. The molecule has 3 rings (SSSR count). The van der Waals surface area contributed by atoms with Crippen LogP contribution in [0.25, 0.3) is 11.4 Å². The molecule has 0 aliphatic heterocycles. The van der Waals surface area contributed by atoms with E-state index in [1.807, 2.05) is 24.3 Å². The number of aromatic amines is 1. The first-order valence-electron chi connectivity index (χ1n) is 6.78. The van der Waals surface area contributed by atoms with Crippen molar-refractivity contribution in [3.63, 3.8) is 0 Å². The molecule has 0 aliphatic carbocycles. The van der Waals surface area contributed by atoms with E-state index in [2.05, 4.69) is 15.2 Å². The number of hydrogen-bond acceptors (Lipinski definition) is 5. The molecule has 0 saturated heterocycles. The third-order valence-corrected chi connectivity index (χ3v) is 3.40. The molecule has 0 saturated carbocycles. The van der Waals surface area contributed by atoms with E-state index in [1.165, 1.54) is 0 Å². The number of nitrogens with zero attached hydrogens (tertiary/aromatic N) is 2. The molecule has 0 unspecified atom stereocenters. The number of hydrogen-bond donors (Lipinski definition) is 3. The smallest absolute Gasteiger partial charge is 0.181 e.